The summed E-state index contributed by atoms with van der Waals surface area (Å²) in [6, 6.07) is 0. The molecule has 0 radical (unpaired) electrons. The highest BCUT2D eigenvalue weighted by atomic mass is 16.6. The van der Waals surface area contributed by atoms with Crippen LogP contribution in [0.3, 0.4) is 0 Å². The summed E-state index contributed by atoms with van der Waals surface area (Å²) in [5.74, 6) is -1.07. The SMILES string of the molecule is CC/C=C\C/C=C\C/C=C\CCCC(=O)OCC(COC(=O)CCCCCCC/C=C\C=C/CCCCCCCCC)OC(=O)CC/C=C\C/C=C\CCCCCCCC. The lowest BCUT2D eigenvalue weighted by molar-refractivity contribution is -0.166. The molecule has 6 heteroatoms. The van der Waals surface area contributed by atoms with Crippen LogP contribution in [0.1, 0.15) is 220 Å². The van der Waals surface area contributed by atoms with Crippen molar-refractivity contribution in [3.8, 4) is 0 Å². The van der Waals surface area contributed by atoms with Crippen LogP contribution in [0.25, 0.3) is 0 Å². The minimum atomic E-state index is -0.832. The van der Waals surface area contributed by atoms with E-state index in [2.05, 4.69) is 99.8 Å². The van der Waals surface area contributed by atoms with Crippen LogP contribution in [-0.4, -0.2) is 37.2 Å². The third-order valence-corrected chi connectivity index (χ3v) is 10.1. The number of esters is 3. The smallest absolute Gasteiger partial charge is 0.306 e. The molecule has 342 valence electrons. The van der Waals surface area contributed by atoms with Gasteiger partial charge in [-0.15, -0.1) is 0 Å². The molecule has 0 aromatic carbocycles. The Kier molecular flexibility index (Phi) is 45.5. The molecule has 0 fully saturated rings. The van der Waals surface area contributed by atoms with E-state index in [-0.39, 0.29) is 38.0 Å². The molecule has 0 bridgehead atoms. The molecule has 0 aliphatic heterocycles. The van der Waals surface area contributed by atoms with Crippen molar-refractivity contribution in [3.05, 3.63) is 85.1 Å². The molecule has 0 spiro atoms. The second-order valence-electron chi connectivity index (χ2n) is 16.0. The Labute approximate surface area is 369 Å². The molecule has 0 heterocycles. The zero-order valence-corrected chi connectivity index (χ0v) is 38.9. The Bertz CT molecular complexity index is 1190. The molecular formula is C54H90O6. The first-order valence-electron chi connectivity index (χ1n) is 24.6. The Morgan fingerprint density at radius 2 is 0.750 bits per heavy atom. The van der Waals surface area contributed by atoms with Gasteiger partial charge < -0.3 is 14.2 Å². The van der Waals surface area contributed by atoms with E-state index in [1.165, 1.54) is 89.9 Å². The number of ether oxygens (including phenoxy) is 3. The molecule has 1 unspecified atom stereocenters. The van der Waals surface area contributed by atoms with Crippen LogP contribution in [0.5, 0.6) is 0 Å². The number of carbonyl (C=O) groups excluding carboxylic acids is 3. The minimum Gasteiger partial charge on any atom is -0.462 e. The second-order valence-corrected chi connectivity index (χ2v) is 16.0. The summed E-state index contributed by atoms with van der Waals surface area (Å²) in [7, 11) is 0. The van der Waals surface area contributed by atoms with Gasteiger partial charge in [0.2, 0.25) is 0 Å². The molecular weight excluding hydrogens is 745 g/mol. The fourth-order valence-electron chi connectivity index (χ4n) is 6.45. The van der Waals surface area contributed by atoms with Crippen molar-refractivity contribution in [1.29, 1.82) is 0 Å². The molecule has 0 rings (SSSR count). The maximum absolute atomic E-state index is 12.7. The van der Waals surface area contributed by atoms with Gasteiger partial charge in [0.05, 0.1) is 0 Å². The zero-order chi connectivity index (χ0) is 43.7. The zero-order valence-electron chi connectivity index (χ0n) is 38.9. The van der Waals surface area contributed by atoms with Gasteiger partial charge in [0.1, 0.15) is 13.2 Å². The maximum atomic E-state index is 12.7. The van der Waals surface area contributed by atoms with Gasteiger partial charge in [0.25, 0.3) is 0 Å². The molecule has 0 aromatic rings. The molecule has 0 N–H and O–H groups in total. The van der Waals surface area contributed by atoms with Crippen molar-refractivity contribution in [2.45, 2.75) is 226 Å². The van der Waals surface area contributed by atoms with Gasteiger partial charge in [-0.25, -0.2) is 0 Å². The minimum absolute atomic E-state index is 0.124. The predicted octanol–water partition coefficient (Wildman–Crippen LogP) is 16.0. The first kappa shape index (κ1) is 56.6. The van der Waals surface area contributed by atoms with Crippen molar-refractivity contribution in [2.24, 2.45) is 0 Å². The second kappa shape index (κ2) is 48.3. The monoisotopic (exact) mass is 835 g/mol. The van der Waals surface area contributed by atoms with Crippen LogP contribution in [0.4, 0.5) is 0 Å². The fraction of sp³-hybridized carbons (Fsp3) is 0.685. The number of hydrogen-bond acceptors (Lipinski definition) is 6. The number of unbranched alkanes of at least 4 members (excludes halogenated alkanes) is 19. The van der Waals surface area contributed by atoms with Crippen LogP contribution < -0.4 is 0 Å². The molecule has 0 aliphatic rings. The summed E-state index contributed by atoms with van der Waals surface area (Å²) >= 11 is 0. The van der Waals surface area contributed by atoms with Crippen molar-refractivity contribution >= 4 is 17.9 Å². The van der Waals surface area contributed by atoms with Crippen molar-refractivity contribution in [1.82, 2.24) is 0 Å². The summed E-state index contributed by atoms with van der Waals surface area (Å²) in [4.78, 5) is 37.8. The topological polar surface area (TPSA) is 78.9 Å². The highest BCUT2D eigenvalue weighted by molar-refractivity contribution is 5.71. The van der Waals surface area contributed by atoms with Gasteiger partial charge in [-0.1, -0.05) is 196 Å². The summed E-state index contributed by atoms with van der Waals surface area (Å²) in [5, 5.41) is 0. The van der Waals surface area contributed by atoms with Crippen LogP contribution >= 0.6 is 0 Å². The summed E-state index contributed by atoms with van der Waals surface area (Å²) in [5.41, 5.74) is 0. The third kappa shape index (κ3) is 45.7. The van der Waals surface area contributed by atoms with Crippen LogP contribution in [0.15, 0.2) is 85.1 Å². The number of hydrogen-bond donors (Lipinski definition) is 0. The predicted molar refractivity (Wildman–Crippen MR) is 256 cm³/mol. The average molecular weight is 835 g/mol. The Morgan fingerprint density at radius 3 is 1.25 bits per heavy atom. The molecule has 0 aliphatic carbocycles. The fourth-order valence-corrected chi connectivity index (χ4v) is 6.45. The van der Waals surface area contributed by atoms with E-state index in [9.17, 15) is 14.4 Å². The lowest BCUT2D eigenvalue weighted by Gasteiger charge is -2.18. The third-order valence-electron chi connectivity index (χ3n) is 10.1. The van der Waals surface area contributed by atoms with E-state index in [1.807, 2.05) is 6.08 Å². The quantitative estimate of drug-likeness (QED) is 0.0200. The van der Waals surface area contributed by atoms with Gasteiger partial charge in [0, 0.05) is 19.3 Å². The Hall–Kier alpha value is -3.41. The largest absolute Gasteiger partial charge is 0.462 e. The maximum Gasteiger partial charge on any atom is 0.306 e. The van der Waals surface area contributed by atoms with Gasteiger partial charge in [-0.3, -0.25) is 14.4 Å². The summed E-state index contributed by atoms with van der Waals surface area (Å²) in [6.45, 7) is 6.38. The van der Waals surface area contributed by atoms with Gasteiger partial charge in [-0.05, 0) is 89.9 Å². The van der Waals surface area contributed by atoms with E-state index >= 15 is 0 Å². The van der Waals surface area contributed by atoms with Crippen molar-refractivity contribution in [2.75, 3.05) is 13.2 Å². The molecule has 60 heavy (non-hydrogen) atoms. The summed E-state index contributed by atoms with van der Waals surface area (Å²) < 4.78 is 16.6. The lowest BCUT2D eigenvalue weighted by Crippen LogP contribution is -2.30. The Balaban J connectivity index is 4.49. The van der Waals surface area contributed by atoms with E-state index < -0.39 is 12.1 Å². The van der Waals surface area contributed by atoms with E-state index in [4.69, 9.17) is 14.2 Å². The average Bonchev–Trinajstić information content (AvgIpc) is 3.24. The number of rotatable bonds is 43. The normalized spacial score (nSPS) is 12.8. The van der Waals surface area contributed by atoms with Gasteiger partial charge in [0.15, 0.2) is 6.10 Å². The van der Waals surface area contributed by atoms with Gasteiger partial charge >= 0.3 is 17.9 Å². The van der Waals surface area contributed by atoms with Crippen LogP contribution in [0.2, 0.25) is 0 Å². The molecule has 0 saturated heterocycles. The van der Waals surface area contributed by atoms with E-state index in [1.54, 1.807) is 0 Å². The molecule has 0 amide bonds. The standard InChI is InChI=1S/C54H90O6/c1-4-7-10-13-16-19-22-24-25-26-27-28-30-32-35-38-41-44-47-53(56)59-50-51(49-58-52(55)46-43-40-37-34-31-21-18-15-12-9-6-3)60-54(57)48-45-42-39-36-33-29-23-20-17-14-11-8-5-2/h9,12,18,21,25-29,33-34,37,39,42,51H,4-8,10-11,13-17,19-20,22-24,30-32,35-36,38,40-41,43-50H2,1-3H3/b12-9-,21-18-,26-25-,28-27-,33-29-,37-34-,42-39-. The summed E-state index contributed by atoms with van der Waals surface area (Å²) in [6.07, 6.45) is 61.6. The number of carbonyl (C=O) groups is 3. The lowest BCUT2D eigenvalue weighted by atomic mass is 10.1. The molecule has 6 nitrogen and oxygen atoms in total. The first-order valence-corrected chi connectivity index (χ1v) is 24.6. The highest BCUT2D eigenvalue weighted by Crippen LogP contribution is 2.12. The van der Waals surface area contributed by atoms with E-state index in [0.29, 0.717) is 19.3 Å². The highest BCUT2D eigenvalue weighted by Gasteiger charge is 2.19. The Morgan fingerprint density at radius 1 is 0.367 bits per heavy atom. The number of allylic oxidation sites excluding steroid dienone is 14. The molecule has 1 atom stereocenters. The van der Waals surface area contributed by atoms with E-state index in [0.717, 1.165) is 77.0 Å². The first-order chi connectivity index (χ1) is 29.5. The van der Waals surface area contributed by atoms with Crippen LogP contribution in [0, 0.1) is 0 Å². The van der Waals surface area contributed by atoms with Crippen molar-refractivity contribution < 1.29 is 28.6 Å². The van der Waals surface area contributed by atoms with Gasteiger partial charge in [-0.2, -0.15) is 0 Å². The molecule has 0 saturated carbocycles. The van der Waals surface area contributed by atoms with Crippen molar-refractivity contribution in [3.63, 3.8) is 0 Å². The van der Waals surface area contributed by atoms with Crippen LogP contribution in [-0.2, 0) is 28.6 Å². The molecule has 0 aromatic heterocycles.